The van der Waals surface area contributed by atoms with Gasteiger partial charge in [-0.15, -0.1) is 0 Å². The third-order valence-electron chi connectivity index (χ3n) is 6.77. The van der Waals surface area contributed by atoms with Crippen molar-refractivity contribution in [2.75, 3.05) is 6.54 Å². The van der Waals surface area contributed by atoms with Gasteiger partial charge in [-0.3, -0.25) is 4.79 Å². The van der Waals surface area contributed by atoms with Crippen LogP contribution in [-0.2, 0) is 11.2 Å². The van der Waals surface area contributed by atoms with Crippen molar-refractivity contribution in [1.29, 1.82) is 0 Å². The molecule has 0 spiro atoms. The number of hydrogen-bond acceptors (Lipinski definition) is 3. The Morgan fingerprint density at radius 2 is 1.71 bits per heavy atom. The minimum absolute atomic E-state index is 0.0380. The van der Waals surface area contributed by atoms with E-state index < -0.39 is 5.97 Å². The molecule has 4 aromatic carbocycles. The maximum Gasteiger partial charge on any atom is 0.307 e. The van der Waals surface area contributed by atoms with Crippen LogP contribution in [0.1, 0.15) is 47.6 Å². The third kappa shape index (κ3) is 4.68. The number of ether oxygens (including phenoxy) is 1. The first-order valence-electron chi connectivity index (χ1n) is 11.9. The topological polar surface area (TPSA) is 58.6 Å². The van der Waals surface area contributed by atoms with Gasteiger partial charge in [-0.2, -0.15) is 0 Å². The van der Waals surface area contributed by atoms with E-state index in [2.05, 4.69) is 79.0 Å². The zero-order valence-corrected chi connectivity index (χ0v) is 19.3. The van der Waals surface area contributed by atoms with Crippen LogP contribution in [0.5, 0.6) is 5.75 Å². The molecule has 1 aliphatic rings. The third-order valence-corrected chi connectivity index (χ3v) is 6.77. The molecule has 1 heterocycles. The van der Waals surface area contributed by atoms with Crippen molar-refractivity contribution < 1.29 is 14.6 Å². The first kappa shape index (κ1) is 22.2. The molecule has 2 N–H and O–H groups in total. The van der Waals surface area contributed by atoms with Crippen molar-refractivity contribution in [3.63, 3.8) is 0 Å². The highest BCUT2D eigenvalue weighted by molar-refractivity contribution is 5.86. The standard InChI is InChI=1S/C30H29NO3/c1-20(25-11-6-8-22-7-2-3-9-26(22)25)31-19-24-18-28(27-10-4-5-12-29(27)34-24)23-15-13-21(14-16-23)17-30(32)33/h2-16,20,24,28,31H,17-19H2,1H3,(H,32,33)/t20-,24-,28?/m1/s1. The van der Waals surface area contributed by atoms with Crippen molar-refractivity contribution in [3.05, 3.63) is 113 Å². The molecule has 3 atom stereocenters. The van der Waals surface area contributed by atoms with Gasteiger partial charge in [-0.25, -0.2) is 0 Å². The minimum Gasteiger partial charge on any atom is -0.489 e. The van der Waals surface area contributed by atoms with E-state index in [9.17, 15) is 4.79 Å². The molecule has 0 saturated carbocycles. The van der Waals surface area contributed by atoms with Crippen LogP contribution in [0.2, 0.25) is 0 Å². The molecule has 5 rings (SSSR count). The Bertz CT molecular complexity index is 1290. The Labute approximate surface area is 200 Å². The van der Waals surface area contributed by atoms with Crippen LogP contribution in [0.4, 0.5) is 0 Å². The second-order valence-corrected chi connectivity index (χ2v) is 9.08. The predicted molar refractivity (Wildman–Crippen MR) is 135 cm³/mol. The lowest BCUT2D eigenvalue weighted by Crippen LogP contribution is -2.37. The van der Waals surface area contributed by atoms with Gasteiger partial charge < -0.3 is 15.2 Å². The zero-order chi connectivity index (χ0) is 23.5. The van der Waals surface area contributed by atoms with E-state index in [0.717, 1.165) is 24.3 Å². The molecule has 0 aliphatic carbocycles. The maximum atomic E-state index is 11.0. The van der Waals surface area contributed by atoms with Gasteiger partial charge in [0.1, 0.15) is 11.9 Å². The van der Waals surface area contributed by atoms with Gasteiger partial charge in [-0.1, -0.05) is 84.9 Å². The fourth-order valence-corrected chi connectivity index (χ4v) is 5.02. The van der Waals surface area contributed by atoms with Crippen LogP contribution in [-0.4, -0.2) is 23.7 Å². The van der Waals surface area contributed by atoms with Gasteiger partial charge in [0.15, 0.2) is 0 Å². The molecule has 4 nitrogen and oxygen atoms in total. The Balaban J connectivity index is 1.34. The van der Waals surface area contributed by atoms with Crippen molar-refractivity contribution >= 4 is 16.7 Å². The monoisotopic (exact) mass is 451 g/mol. The highest BCUT2D eigenvalue weighted by Crippen LogP contribution is 2.40. The van der Waals surface area contributed by atoms with Gasteiger partial charge in [0, 0.05) is 24.1 Å². The fourth-order valence-electron chi connectivity index (χ4n) is 5.02. The normalized spacial score (nSPS) is 18.1. The molecule has 0 radical (unpaired) electrons. The highest BCUT2D eigenvalue weighted by atomic mass is 16.5. The Morgan fingerprint density at radius 1 is 0.971 bits per heavy atom. The van der Waals surface area contributed by atoms with E-state index in [1.54, 1.807) is 0 Å². The second-order valence-electron chi connectivity index (χ2n) is 9.08. The SMILES string of the molecule is C[C@@H](NC[C@H]1CC(c2ccc(CC(=O)O)cc2)c2ccccc2O1)c1cccc2ccccc12. The molecule has 4 aromatic rings. The molecule has 0 saturated heterocycles. The molecule has 0 aromatic heterocycles. The summed E-state index contributed by atoms with van der Waals surface area (Å²) in [6.45, 7) is 2.95. The first-order valence-corrected chi connectivity index (χ1v) is 11.9. The predicted octanol–water partition coefficient (Wildman–Crippen LogP) is 6.10. The summed E-state index contributed by atoms with van der Waals surface area (Å²) in [5.41, 5.74) is 4.49. The van der Waals surface area contributed by atoms with E-state index in [4.69, 9.17) is 9.84 Å². The van der Waals surface area contributed by atoms with Crippen molar-refractivity contribution in [2.24, 2.45) is 0 Å². The number of carboxylic acid groups (broad SMARTS) is 1. The molecular formula is C30H29NO3. The molecule has 0 bridgehead atoms. The second kappa shape index (κ2) is 9.70. The summed E-state index contributed by atoms with van der Waals surface area (Å²) < 4.78 is 6.39. The summed E-state index contributed by atoms with van der Waals surface area (Å²) in [6.07, 6.45) is 0.948. The number of carbonyl (C=O) groups is 1. The van der Waals surface area contributed by atoms with Gasteiger partial charge in [0.25, 0.3) is 0 Å². The van der Waals surface area contributed by atoms with Crippen molar-refractivity contribution in [2.45, 2.75) is 37.8 Å². The van der Waals surface area contributed by atoms with Crippen LogP contribution >= 0.6 is 0 Å². The van der Waals surface area contributed by atoms with Crippen LogP contribution < -0.4 is 10.1 Å². The molecule has 0 amide bonds. The fraction of sp³-hybridized carbons (Fsp3) is 0.233. The lowest BCUT2D eigenvalue weighted by atomic mass is 9.83. The van der Waals surface area contributed by atoms with Gasteiger partial charge in [0.2, 0.25) is 0 Å². The average molecular weight is 452 g/mol. The van der Waals surface area contributed by atoms with Crippen LogP contribution in [0.15, 0.2) is 91.0 Å². The van der Waals surface area contributed by atoms with Crippen molar-refractivity contribution in [3.8, 4) is 5.75 Å². The Hall–Kier alpha value is -3.63. The van der Waals surface area contributed by atoms with Crippen LogP contribution in [0, 0.1) is 0 Å². The maximum absolute atomic E-state index is 11.0. The summed E-state index contributed by atoms with van der Waals surface area (Å²) >= 11 is 0. The summed E-state index contributed by atoms with van der Waals surface area (Å²) in [6, 6.07) is 31.4. The van der Waals surface area contributed by atoms with Crippen LogP contribution in [0.25, 0.3) is 10.8 Å². The number of rotatable bonds is 7. The molecule has 34 heavy (non-hydrogen) atoms. The number of para-hydroxylation sites is 1. The molecule has 172 valence electrons. The average Bonchev–Trinajstić information content (AvgIpc) is 2.86. The Kier molecular flexibility index (Phi) is 6.33. The summed E-state index contributed by atoms with van der Waals surface area (Å²) in [5, 5.41) is 15.3. The molecular weight excluding hydrogens is 422 g/mol. The lowest BCUT2D eigenvalue weighted by Gasteiger charge is -2.33. The number of hydrogen-bond donors (Lipinski definition) is 2. The number of benzene rings is 4. The number of fused-ring (bicyclic) bond motifs is 2. The molecule has 0 fully saturated rings. The van der Waals surface area contributed by atoms with E-state index in [-0.39, 0.29) is 24.5 Å². The minimum atomic E-state index is -0.810. The Morgan fingerprint density at radius 3 is 2.53 bits per heavy atom. The van der Waals surface area contributed by atoms with E-state index in [0.29, 0.717) is 0 Å². The van der Waals surface area contributed by atoms with Crippen molar-refractivity contribution in [1.82, 2.24) is 5.32 Å². The molecule has 1 aliphatic heterocycles. The van der Waals surface area contributed by atoms with Gasteiger partial charge >= 0.3 is 5.97 Å². The molecule has 1 unspecified atom stereocenters. The lowest BCUT2D eigenvalue weighted by molar-refractivity contribution is -0.136. The molecule has 4 heteroatoms. The number of carboxylic acids is 1. The number of nitrogens with one attached hydrogen (secondary N) is 1. The summed E-state index contributed by atoms with van der Waals surface area (Å²) in [4.78, 5) is 11.0. The van der Waals surface area contributed by atoms with Gasteiger partial charge in [-0.05, 0) is 46.9 Å². The van der Waals surface area contributed by atoms with E-state index >= 15 is 0 Å². The highest BCUT2D eigenvalue weighted by Gasteiger charge is 2.29. The first-order chi connectivity index (χ1) is 16.6. The largest absolute Gasteiger partial charge is 0.489 e. The summed E-state index contributed by atoms with van der Waals surface area (Å²) in [5.74, 6) is 0.331. The smallest absolute Gasteiger partial charge is 0.307 e. The quantitative estimate of drug-likeness (QED) is 0.356. The van der Waals surface area contributed by atoms with Crippen LogP contribution in [0.3, 0.4) is 0 Å². The summed E-state index contributed by atoms with van der Waals surface area (Å²) in [7, 11) is 0. The zero-order valence-electron chi connectivity index (χ0n) is 19.3. The van der Waals surface area contributed by atoms with E-state index in [1.807, 2.05) is 24.3 Å². The van der Waals surface area contributed by atoms with E-state index in [1.165, 1.54) is 27.5 Å². The van der Waals surface area contributed by atoms with Gasteiger partial charge in [0.05, 0.1) is 6.42 Å². The number of aliphatic carboxylic acids is 1.